The van der Waals surface area contributed by atoms with Crippen LogP contribution in [-0.4, -0.2) is 84.0 Å². The highest BCUT2D eigenvalue weighted by Crippen LogP contribution is 2.20. The Morgan fingerprint density at radius 2 is 1.59 bits per heavy atom. The molecule has 49 heavy (non-hydrogen) atoms. The molecule has 10 nitrogen and oxygen atoms in total. The smallest absolute Gasteiger partial charge is 0.405 e. The van der Waals surface area contributed by atoms with Gasteiger partial charge in [0.25, 0.3) is 0 Å². The predicted octanol–water partition coefficient (Wildman–Crippen LogP) is 5.22. The number of nitrogens with zero attached hydrogens (tertiary/aromatic N) is 2. The van der Waals surface area contributed by atoms with Crippen molar-refractivity contribution in [2.45, 2.75) is 108 Å². The maximum absolute atomic E-state index is 14.1. The highest BCUT2D eigenvalue weighted by atomic mass is 32.2. The number of amides is 3. The Labute approximate surface area is 289 Å². The maximum Gasteiger partial charge on any atom is 0.405 e. The molecule has 0 radical (unpaired) electrons. The van der Waals surface area contributed by atoms with E-state index in [-0.39, 0.29) is 31.8 Å². The lowest BCUT2D eigenvalue weighted by Crippen LogP contribution is -2.52. The first-order chi connectivity index (χ1) is 23.3. The number of aryl methyl sites for hydroxylation is 1. The fourth-order valence-electron chi connectivity index (χ4n) is 6.45. The van der Waals surface area contributed by atoms with Crippen LogP contribution in [-0.2, 0) is 38.8 Å². The van der Waals surface area contributed by atoms with Gasteiger partial charge in [-0.1, -0.05) is 51.0 Å². The molecule has 2 aromatic rings. The van der Waals surface area contributed by atoms with Gasteiger partial charge in [-0.25, -0.2) is 22.0 Å². The summed E-state index contributed by atoms with van der Waals surface area (Å²) in [4.78, 5) is 41.7. The van der Waals surface area contributed by atoms with Gasteiger partial charge >= 0.3 is 6.09 Å². The Morgan fingerprint density at radius 1 is 0.959 bits per heavy atom. The first-order valence-electron chi connectivity index (χ1n) is 17.4. The summed E-state index contributed by atoms with van der Waals surface area (Å²) in [5.41, 5.74) is 8.40. The fraction of sp³-hybridized carbons (Fsp3) is 0.583. The Morgan fingerprint density at radius 3 is 2.20 bits per heavy atom. The lowest BCUT2D eigenvalue weighted by atomic mass is 10.0. The van der Waals surface area contributed by atoms with E-state index in [1.165, 1.54) is 17.0 Å². The van der Waals surface area contributed by atoms with Crippen molar-refractivity contribution < 1.29 is 36.7 Å². The van der Waals surface area contributed by atoms with Crippen LogP contribution in [0.1, 0.15) is 88.3 Å². The zero-order valence-electron chi connectivity index (χ0n) is 28.7. The maximum atomic E-state index is 14.1. The molecule has 1 heterocycles. The van der Waals surface area contributed by atoms with Crippen molar-refractivity contribution in [2.24, 2.45) is 5.73 Å². The number of likely N-dealkylation sites (tertiary alicyclic amines) is 1. The van der Waals surface area contributed by atoms with Gasteiger partial charge in [0.15, 0.2) is 9.84 Å². The van der Waals surface area contributed by atoms with Crippen molar-refractivity contribution in [2.75, 3.05) is 25.4 Å². The number of nitrogens with two attached hydrogens (primary N) is 1. The number of hydrogen-bond donors (Lipinski definition) is 3. The number of hydrogen-bond acceptors (Lipinski definition) is 6. The molecule has 4 N–H and O–H groups in total. The van der Waals surface area contributed by atoms with Gasteiger partial charge in [-0.15, -0.1) is 0 Å². The first kappa shape index (κ1) is 39.9. The molecule has 0 saturated carbocycles. The van der Waals surface area contributed by atoms with Crippen molar-refractivity contribution in [3.8, 4) is 0 Å². The van der Waals surface area contributed by atoms with Crippen molar-refractivity contribution in [3.63, 3.8) is 0 Å². The van der Waals surface area contributed by atoms with Crippen LogP contribution >= 0.6 is 0 Å². The number of nitrogens with one attached hydrogen (secondary N) is 1. The minimum atomic E-state index is -3.85. The molecule has 2 aromatic carbocycles. The minimum Gasteiger partial charge on any atom is -0.465 e. The molecule has 2 atom stereocenters. The van der Waals surface area contributed by atoms with Crippen LogP contribution in [0.4, 0.5) is 13.6 Å². The van der Waals surface area contributed by atoms with E-state index in [0.717, 1.165) is 43.1 Å². The number of carbonyl (C=O) groups is 3. The Bertz CT molecular complexity index is 1480. The van der Waals surface area contributed by atoms with Gasteiger partial charge in [-0.3, -0.25) is 9.59 Å². The molecule has 3 amide bonds. The second-order valence-electron chi connectivity index (χ2n) is 13.1. The van der Waals surface area contributed by atoms with Crippen molar-refractivity contribution in [1.82, 2.24) is 15.1 Å². The molecule has 1 unspecified atom stereocenters. The Balaban J connectivity index is 1.81. The summed E-state index contributed by atoms with van der Waals surface area (Å²) >= 11 is 0. The quantitative estimate of drug-likeness (QED) is 0.171. The summed E-state index contributed by atoms with van der Waals surface area (Å²) in [5.74, 6) is -2.70. The Hall–Kier alpha value is -3.58. The molecule has 0 aromatic heterocycles. The number of halogens is 2. The average Bonchev–Trinajstić information content (AvgIpc) is 3.57. The SMILES string of the molecule is CCCC(CCC)S(=O)(=O)CC(NC(=O)O)C(=O)N(CC[C@@H](N)Cc1cc(F)cc(F)c1)Cc1cccc(CCCC(=O)N2CCCC2)c1. The number of carbonyl (C=O) groups excluding carboxylic acids is 2. The fourth-order valence-corrected chi connectivity index (χ4v) is 8.61. The van der Waals surface area contributed by atoms with E-state index in [1.54, 1.807) is 0 Å². The van der Waals surface area contributed by atoms with E-state index >= 15 is 0 Å². The molecule has 1 aliphatic heterocycles. The molecule has 0 bridgehead atoms. The van der Waals surface area contributed by atoms with Crippen molar-refractivity contribution >= 4 is 27.7 Å². The third kappa shape index (κ3) is 13.3. The lowest BCUT2D eigenvalue weighted by molar-refractivity contribution is -0.133. The van der Waals surface area contributed by atoms with Gasteiger partial charge in [-0.2, -0.15) is 0 Å². The summed E-state index contributed by atoms with van der Waals surface area (Å²) < 4.78 is 54.5. The van der Waals surface area contributed by atoms with Crippen LogP contribution in [0.2, 0.25) is 0 Å². The standard InChI is InChI=1S/C36H52F2N4O6S/c1-3-9-32(10-4-2)49(47,48)25-33(40-36(45)46)35(44)42(18-15-31(39)22-28-20-29(37)23-30(38)21-28)24-27-13-7-11-26(19-27)12-8-14-34(43)41-16-5-6-17-41/h7,11,13,19-21,23,31-33,40H,3-6,8-10,12,14-18,22,24-25,39H2,1-2H3,(H,45,46)/t31-,33?/m1/s1. The lowest BCUT2D eigenvalue weighted by Gasteiger charge is -2.29. The zero-order chi connectivity index (χ0) is 36.0. The second kappa shape index (κ2) is 19.6. The summed E-state index contributed by atoms with van der Waals surface area (Å²) in [7, 11) is -3.85. The molecule has 1 fully saturated rings. The normalized spacial score (nSPS) is 14.5. The van der Waals surface area contributed by atoms with Gasteiger partial charge in [0.1, 0.15) is 17.7 Å². The summed E-state index contributed by atoms with van der Waals surface area (Å²) in [6.45, 7) is 5.44. The molecule has 272 valence electrons. The number of rotatable bonds is 20. The van der Waals surface area contributed by atoms with Crippen molar-refractivity contribution in [1.29, 1.82) is 0 Å². The van der Waals surface area contributed by atoms with E-state index in [9.17, 15) is 36.7 Å². The van der Waals surface area contributed by atoms with Crippen LogP contribution < -0.4 is 11.1 Å². The molecule has 13 heteroatoms. The molecule has 1 aliphatic rings. The molecule has 1 saturated heterocycles. The van der Waals surface area contributed by atoms with Gasteiger partial charge in [0, 0.05) is 44.7 Å². The average molecular weight is 707 g/mol. The van der Waals surface area contributed by atoms with E-state index < -0.39 is 56.6 Å². The van der Waals surface area contributed by atoms with Crippen molar-refractivity contribution in [3.05, 3.63) is 70.8 Å². The summed E-state index contributed by atoms with van der Waals surface area (Å²) in [5, 5.41) is 11.1. The van der Waals surface area contributed by atoms with Crippen LogP contribution in [0.5, 0.6) is 0 Å². The van der Waals surface area contributed by atoms with Crippen LogP contribution in [0.15, 0.2) is 42.5 Å². The largest absolute Gasteiger partial charge is 0.465 e. The van der Waals surface area contributed by atoms with Gasteiger partial charge in [0.05, 0.1) is 11.0 Å². The minimum absolute atomic E-state index is 0.0392. The third-order valence-electron chi connectivity index (χ3n) is 8.91. The van der Waals surface area contributed by atoms with Gasteiger partial charge in [-0.05, 0) is 80.2 Å². The van der Waals surface area contributed by atoms with Crippen LogP contribution in [0.3, 0.4) is 0 Å². The second-order valence-corrected chi connectivity index (χ2v) is 15.4. The van der Waals surface area contributed by atoms with E-state index in [2.05, 4.69) is 5.32 Å². The zero-order valence-corrected chi connectivity index (χ0v) is 29.5. The van der Waals surface area contributed by atoms with Gasteiger partial charge < -0.3 is 26.0 Å². The van der Waals surface area contributed by atoms with E-state index in [1.807, 2.05) is 43.0 Å². The number of benzene rings is 2. The van der Waals surface area contributed by atoms with E-state index in [0.29, 0.717) is 50.5 Å². The highest BCUT2D eigenvalue weighted by Gasteiger charge is 2.34. The summed E-state index contributed by atoms with van der Waals surface area (Å²) in [6.07, 6.45) is 4.67. The first-order valence-corrected chi connectivity index (χ1v) is 19.1. The monoisotopic (exact) mass is 706 g/mol. The van der Waals surface area contributed by atoms with Gasteiger partial charge in [0.2, 0.25) is 11.8 Å². The topological polar surface area (TPSA) is 150 Å². The molecular weight excluding hydrogens is 654 g/mol. The number of carboxylic acid groups (broad SMARTS) is 1. The van der Waals surface area contributed by atoms with E-state index in [4.69, 9.17) is 5.73 Å². The molecule has 0 aliphatic carbocycles. The predicted molar refractivity (Wildman–Crippen MR) is 186 cm³/mol. The molecule has 3 rings (SSSR count). The number of sulfone groups is 1. The summed E-state index contributed by atoms with van der Waals surface area (Å²) in [6, 6.07) is 8.52. The van der Waals surface area contributed by atoms with Crippen LogP contribution in [0.25, 0.3) is 0 Å². The Kier molecular flexibility index (Phi) is 15.9. The molecule has 0 spiro atoms. The van der Waals surface area contributed by atoms with Crippen LogP contribution in [0, 0.1) is 11.6 Å². The molecular formula is C36H52F2N4O6S. The third-order valence-corrected chi connectivity index (χ3v) is 11.2. The highest BCUT2D eigenvalue weighted by molar-refractivity contribution is 7.92.